The van der Waals surface area contributed by atoms with Crippen molar-refractivity contribution in [2.24, 2.45) is 0 Å². The maximum atomic E-state index is 13.6. The fourth-order valence-electron chi connectivity index (χ4n) is 3.25. The van der Waals surface area contributed by atoms with E-state index in [1.807, 2.05) is 41.3 Å². The molecule has 1 amide bonds. The van der Waals surface area contributed by atoms with E-state index in [1.54, 1.807) is 0 Å². The van der Waals surface area contributed by atoms with E-state index in [-0.39, 0.29) is 5.91 Å². The lowest BCUT2D eigenvalue weighted by Crippen LogP contribution is -2.47. The summed E-state index contributed by atoms with van der Waals surface area (Å²) in [7, 11) is 0. The number of pyridine rings is 1. The van der Waals surface area contributed by atoms with E-state index in [0.717, 1.165) is 29.4 Å². The number of hydrogen-bond donors (Lipinski definition) is 1. The van der Waals surface area contributed by atoms with Crippen molar-refractivity contribution in [3.05, 3.63) is 65.7 Å². The predicted molar refractivity (Wildman–Crippen MR) is 95.4 cm³/mol. The van der Waals surface area contributed by atoms with Crippen molar-refractivity contribution in [3.63, 3.8) is 0 Å². The van der Waals surface area contributed by atoms with Gasteiger partial charge in [0.05, 0.1) is 17.8 Å². The first-order valence-electron chi connectivity index (χ1n) is 8.43. The van der Waals surface area contributed by atoms with Gasteiger partial charge in [-0.05, 0) is 17.7 Å². The Morgan fingerprint density at radius 3 is 2.62 bits per heavy atom. The molecule has 4 nitrogen and oxygen atoms in total. The van der Waals surface area contributed by atoms with Gasteiger partial charge < -0.3 is 5.32 Å². The number of hydrogen-bond acceptors (Lipinski definition) is 3. The molecule has 132 valence electrons. The van der Waals surface area contributed by atoms with Crippen LogP contribution < -0.4 is 5.32 Å². The van der Waals surface area contributed by atoms with Crippen molar-refractivity contribution < 1.29 is 13.6 Å². The second-order valence-corrected chi connectivity index (χ2v) is 6.38. The summed E-state index contributed by atoms with van der Waals surface area (Å²) in [6, 6.07) is 13.7. The predicted octanol–water partition coefficient (Wildman–Crippen LogP) is 3.11. The average molecular weight is 353 g/mol. The van der Waals surface area contributed by atoms with Crippen LogP contribution in [0.4, 0.5) is 8.78 Å². The summed E-state index contributed by atoms with van der Waals surface area (Å²) in [5.74, 6) is -1.82. The van der Waals surface area contributed by atoms with Crippen LogP contribution in [0.1, 0.15) is 5.56 Å². The molecule has 1 fully saturated rings. The third-order valence-corrected chi connectivity index (χ3v) is 4.49. The molecule has 0 aliphatic carbocycles. The molecule has 1 aliphatic heterocycles. The van der Waals surface area contributed by atoms with Gasteiger partial charge in [0, 0.05) is 36.7 Å². The maximum Gasteiger partial charge on any atom is 0.234 e. The Labute approximate surface area is 149 Å². The first kappa shape index (κ1) is 16.6. The number of rotatable bonds is 3. The van der Waals surface area contributed by atoms with Gasteiger partial charge in [-0.1, -0.05) is 30.3 Å². The lowest BCUT2D eigenvalue weighted by Gasteiger charge is -2.27. The minimum Gasteiger partial charge on any atom is -0.354 e. The molecule has 26 heavy (non-hydrogen) atoms. The van der Waals surface area contributed by atoms with Gasteiger partial charge in [-0.3, -0.25) is 9.69 Å². The summed E-state index contributed by atoms with van der Waals surface area (Å²) in [5.41, 5.74) is 2.90. The molecule has 0 spiro atoms. The zero-order chi connectivity index (χ0) is 18.1. The smallest absolute Gasteiger partial charge is 0.234 e. The second kappa shape index (κ2) is 6.80. The van der Waals surface area contributed by atoms with Gasteiger partial charge in [0.2, 0.25) is 5.91 Å². The molecule has 6 heteroatoms. The van der Waals surface area contributed by atoms with Gasteiger partial charge in [0.15, 0.2) is 11.6 Å². The van der Waals surface area contributed by atoms with Crippen LogP contribution in [-0.4, -0.2) is 35.4 Å². The maximum absolute atomic E-state index is 13.6. The van der Waals surface area contributed by atoms with Crippen LogP contribution in [0, 0.1) is 11.6 Å². The van der Waals surface area contributed by atoms with Gasteiger partial charge in [0.1, 0.15) is 0 Å². The lowest BCUT2D eigenvalue weighted by molar-refractivity contribution is -0.124. The molecule has 1 aliphatic rings. The molecular formula is C20H17F2N3O. The largest absolute Gasteiger partial charge is 0.354 e. The fourth-order valence-corrected chi connectivity index (χ4v) is 3.25. The molecule has 2 heterocycles. The number of fused-ring (bicyclic) bond motifs is 1. The van der Waals surface area contributed by atoms with Crippen molar-refractivity contribution in [2.45, 2.75) is 6.54 Å². The summed E-state index contributed by atoms with van der Waals surface area (Å²) in [5, 5.41) is 3.34. The Morgan fingerprint density at radius 2 is 1.85 bits per heavy atom. The summed E-state index contributed by atoms with van der Waals surface area (Å²) < 4.78 is 27.3. The van der Waals surface area contributed by atoms with E-state index < -0.39 is 11.6 Å². The van der Waals surface area contributed by atoms with Gasteiger partial charge in [-0.25, -0.2) is 13.8 Å². The quantitative estimate of drug-likeness (QED) is 0.787. The molecule has 0 bridgehead atoms. The van der Waals surface area contributed by atoms with Gasteiger partial charge in [0.25, 0.3) is 0 Å². The molecule has 1 saturated heterocycles. The van der Waals surface area contributed by atoms with E-state index in [9.17, 15) is 13.6 Å². The number of aromatic nitrogens is 1. The molecule has 0 atom stereocenters. The van der Waals surface area contributed by atoms with E-state index in [1.165, 1.54) is 6.07 Å². The highest BCUT2D eigenvalue weighted by Gasteiger charge is 2.19. The van der Waals surface area contributed by atoms with Crippen molar-refractivity contribution in [3.8, 4) is 11.3 Å². The molecule has 2 aromatic carbocycles. The fraction of sp³-hybridized carbons (Fsp3) is 0.200. The number of nitrogens with one attached hydrogen (secondary N) is 1. The number of nitrogens with zero attached hydrogens (tertiary/aromatic N) is 2. The minimum atomic E-state index is -0.913. The molecule has 0 saturated carbocycles. The van der Waals surface area contributed by atoms with Crippen molar-refractivity contribution in [1.82, 2.24) is 15.2 Å². The summed E-state index contributed by atoms with van der Waals surface area (Å²) in [6.45, 7) is 2.15. The van der Waals surface area contributed by atoms with Crippen LogP contribution in [0.25, 0.3) is 22.2 Å². The highest BCUT2D eigenvalue weighted by Crippen LogP contribution is 2.28. The Balaban J connectivity index is 1.82. The molecule has 0 unspecified atom stereocenters. The number of amides is 1. The Morgan fingerprint density at radius 1 is 1.08 bits per heavy atom. The summed E-state index contributed by atoms with van der Waals surface area (Å²) in [6.07, 6.45) is 0. The average Bonchev–Trinajstić information content (AvgIpc) is 2.63. The monoisotopic (exact) mass is 353 g/mol. The summed E-state index contributed by atoms with van der Waals surface area (Å²) >= 11 is 0. The highest BCUT2D eigenvalue weighted by molar-refractivity contribution is 5.84. The van der Waals surface area contributed by atoms with Gasteiger partial charge >= 0.3 is 0 Å². The van der Waals surface area contributed by atoms with Crippen molar-refractivity contribution >= 4 is 16.8 Å². The first-order chi connectivity index (χ1) is 12.6. The first-order valence-corrected chi connectivity index (χ1v) is 8.43. The van der Waals surface area contributed by atoms with Gasteiger partial charge in [-0.15, -0.1) is 0 Å². The number of carbonyl (C=O) groups excluding carboxylic acids is 1. The molecule has 3 aromatic rings. The molecule has 4 rings (SSSR count). The summed E-state index contributed by atoms with van der Waals surface area (Å²) in [4.78, 5) is 18.3. The van der Waals surface area contributed by atoms with Crippen LogP contribution >= 0.6 is 0 Å². The molecule has 1 aromatic heterocycles. The topological polar surface area (TPSA) is 45.2 Å². The standard InChI is InChI=1S/C20H17F2N3O/c21-16-9-14-8-15(11-25-7-6-23-19(26)12-25)20(13-4-2-1-3-5-13)24-18(14)10-17(16)22/h1-5,8-10H,6-7,11-12H2,(H,23,26). The lowest BCUT2D eigenvalue weighted by atomic mass is 10.0. The minimum absolute atomic E-state index is 0.0145. The van der Waals surface area contributed by atoms with E-state index in [4.69, 9.17) is 0 Å². The van der Waals surface area contributed by atoms with Crippen LogP contribution in [0.3, 0.4) is 0 Å². The number of piperazine rings is 1. The van der Waals surface area contributed by atoms with E-state index >= 15 is 0 Å². The normalized spacial score (nSPS) is 15.2. The zero-order valence-electron chi connectivity index (χ0n) is 14.0. The molecule has 0 radical (unpaired) electrons. The highest BCUT2D eigenvalue weighted by atomic mass is 19.2. The van der Waals surface area contributed by atoms with Crippen LogP contribution in [0.15, 0.2) is 48.5 Å². The Hall–Kier alpha value is -2.86. The van der Waals surface area contributed by atoms with Gasteiger partial charge in [-0.2, -0.15) is 0 Å². The number of benzene rings is 2. The molecule has 1 N–H and O–H groups in total. The third-order valence-electron chi connectivity index (χ3n) is 4.49. The number of carbonyl (C=O) groups is 1. The van der Waals surface area contributed by atoms with E-state index in [2.05, 4.69) is 10.3 Å². The second-order valence-electron chi connectivity index (χ2n) is 6.38. The van der Waals surface area contributed by atoms with Crippen molar-refractivity contribution in [1.29, 1.82) is 0 Å². The Bertz CT molecular complexity index is 976. The number of halogens is 2. The third kappa shape index (κ3) is 3.28. The molecular weight excluding hydrogens is 336 g/mol. The van der Waals surface area contributed by atoms with Crippen LogP contribution in [0.2, 0.25) is 0 Å². The Kier molecular flexibility index (Phi) is 4.34. The SMILES string of the molecule is O=C1CN(Cc2cc3cc(F)c(F)cc3nc2-c2ccccc2)CCN1. The van der Waals surface area contributed by atoms with Crippen molar-refractivity contribution in [2.75, 3.05) is 19.6 Å². The van der Waals surface area contributed by atoms with Crippen LogP contribution in [-0.2, 0) is 11.3 Å². The zero-order valence-corrected chi connectivity index (χ0v) is 14.0. The van der Waals surface area contributed by atoms with Crippen LogP contribution in [0.5, 0.6) is 0 Å². The van der Waals surface area contributed by atoms with E-state index in [0.29, 0.717) is 30.5 Å².